The fourth-order valence-corrected chi connectivity index (χ4v) is 4.52. The summed E-state index contributed by atoms with van der Waals surface area (Å²) in [6.07, 6.45) is 6.60. The van der Waals surface area contributed by atoms with Crippen LogP contribution >= 0.6 is 31.9 Å². The minimum Gasteiger partial charge on any atom is -0.494 e. The predicted molar refractivity (Wildman–Crippen MR) is 92.8 cm³/mol. The summed E-state index contributed by atoms with van der Waals surface area (Å²) >= 11 is 7.03. The van der Waals surface area contributed by atoms with E-state index < -0.39 is 5.60 Å². The quantitative estimate of drug-likeness (QED) is 0.693. The maximum Gasteiger partial charge on any atom is 0.147 e. The molecule has 0 radical (unpaired) electrons. The van der Waals surface area contributed by atoms with E-state index >= 15 is 0 Å². The zero-order chi connectivity index (χ0) is 15.3. The molecular formula is C16H23Br2NO2. The molecule has 2 N–H and O–H groups in total. The number of ether oxygens (including phenoxy) is 1. The van der Waals surface area contributed by atoms with E-state index in [1.807, 2.05) is 12.1 Å². The van der Waals surface area contributed by atoms with Crippen molar-refractivity contribution in [3.05, 3.63) is 26.6 Å². The Morgan fingerprint density at radius 2 is 1.71 bits per heavy atom. The van der Waals surface area contributed by atoms with E-state index in [0.717, 1.165) is 52.5 Å². The summed E-state index contributed by atoms with van der Waals surface area (Å²) in [5.41, 5.74) is 0.629. The number of hydrogen-bond donors (Lipinski definition) is 2. The van der Waals surface area contributed by atoms with Crippen molar-refractivity contribution in [2.24, 2.45) is 0 Å². The molecule has 0 spiro atoms. The molecule has 118 valence electrons. The van der Waals surface area contributed by atoms with Gasteiger partial charge in [0, 0.05) is 13.1 Å². The van der Waals surface area contributed by atoms with Crippen molar-refractivity contribution in [3.63, 3.8) is 0 Å². The van der Waals surface area contributed by atoms with E-state index in [9.17, 15) is 5.11 Å². The second-order valence-electron chi connectivity index (χ2n) is 5.83. The first-order chi connectivity index (χ1) is 10.0. The number of benzene rings is 1. The average Bonchev–Trinajstić information content (AvgIpc) is 2.64. The molecular weight excluding hydrogens is 398 g/mol. The molecule has 1 aromatic rings. The highest BCUT2D eigenvalue weighted by Gasteiger charge is 2.27. The highest BCUT2D eigenvalue weighted by molar-refractivity contribution is 9.11. The van der Waals surface area contributed by atoms with E-state index in [0.29, 0.717) is 6.54 Å². The van der Waals surface area contributed by atoms with Crippen LogP contribution in [0.3, 0.4) is 0 Å². The Balaban J connectivity index is 1.91. The summed E-state index contributed by atoms with van der Waals surface area (Å²) in [5, 5.41) is 14.0. The lowest BCUT2D eigenvalue weighted by molar-refractivity contribution is 0.0250. The van der Waals surface area contributed by atoms with Gasteiger partial charge in [0.25, 0.3) is 0 Å². The Morgan fingerprint density at radius 1 is 1.14 bits per heavy atom. The number of halogens is 2. The van der Waals surface area contributed by atoms with Gasteiger partial charge in [0.2, 0.25) is 0 Å². The van der Waals surface area contributed by atoms with Crippen LogP contribution in [-0.4, -0.2) is 24.4 Å². The lowest BCUT2D eigenvalue weighted by Gasteiger charge is -2.27. The van der Waals surface area contributed by atoms with E-state index in [4.69, 9.17) is 4.74 Å². The first kappa shape index (κ1) is 17.3. The number of methoxy groups -OCH3 is 1. The van der Waals surface area contributed by atoms with Gasteiger partial charge in [0.05, 0.1) is 21.7 Å². The lowest BCUT2D eigenvalue weighted by Crippen LogP contribution is -2.39. The molecule has 3 nitrogen and oxygen atoms in total. The molecule has 0 aliphatic heterocycles. The zero-order valence-electron chi connectivity index (χ0n) is 12.4. The second kappa shape index (κ2) is 7.95. The Bertz CT molecular complexity index is 448. The molecule has 0 unspecified atom stereocenters. The summed E-state index contributed by atoms with van der Waals surface area (Å²) in [7, 11) is 1.66. The summed E-state index contributed by atoms with van der Waals surface area (Å²) in [6.45, 7) is 1.40. The topological polar surface area (TPSA) is 41.5 Å². The van der Waals surface area contributed by atoms with Crippen molar-refractivity contribution >= 4 is 31.9 Å². The molecule has 0 saturated heterocycles. The smallest absolute Gasteiger partial charge is 0.147 e. The van der Waals surface area contributed by atoms with Gasteiger partial charge < -0.3 is 15.2 Å². The number of rotatable bonds is 5. The first-order valence-electron chi connectivity index (χ1n) is 7.49. The number of nitrogens with one attached hydrogen (secondary N) is 1. The van der Waals surface area contributed by atoms with Crippen LogP contribution in [0.2, 0.25) is 0 Å². The van der Waals surface area contributed by atoms with Gasteiger partial charge in [0.15, 0.2) is 0 Å². The monoisotopic (exact) mass is 419 g/mol. The molecule has 0 heterocycles. The molecule has 0 amide bonds. The van der Waals surface area contributed by atoms with Crippen LogP contribution in [0.25, 0.3) is 0 Å². The molecule has 0 aromatic heterocycles. The Labute approximate surface area is 143 Å². The summed E-state index contributed by atoms with van der Waals surface area (Å²) < 4.78 is 7.18. The Hall–Kier alpha value is -0.100. The van der Waals surface area contributed by atoms with Crippen molar-refractivity contribution in [2.75, 3.05) is 13.7 Å². The minimum atomic E-state index is -0.530. The van der Waals surface area contributed by atoms with Gasteiger partial charge in [-0.15, -0.1) is 0 Å². The van der Waals surface area contributed by atoms with Gasteiger partial charge in [-0.05, 0) is 62.4 Å². The first-order valence-corrected chi connectivity index (χ1v) is 9.08. The lowest BCUT2D eigenvalue weighted by atomic mass is 9.94. The Kier molecular flexibility index (Phi) is 6.53. The summed E-state index contributed by atoms with van der Waals surface area (Å²) in [5.74, 6) is 0.807. The maximum absolute atomic E-state index is 10.6. The van der Waals surface area contributed by atoms with E-state index in [1.54, 1.807) is 7.11 Å². The molecule has 2 rings (SSSR count). The molecule has 21 heavy (non-hydrogen) atoms. The van der Waals surface area contributed by atoms with Gasteiger partial charge in [-0.2, -0.15) is 0 Å². The Morgan fingerprint density at radius 3 is 2.24 bits per heavy atom. The highest BCUT2D eigenvalue weighted by atomic mass is 79.9. The minimum absolute atomic E-state index is 0.530. The third-order valence-corrected chi connectivity index (χ3v) is 5.26. The van der Waals surface area contributed by atoms with Crippen LogP contribution in [-0.2, 0) is 6.54 Å². The molecule has 1 saturated carbocycles. The van der Waals surface area contributed by atoms with Crippen LogP contribution in [0.15, 0.2) is 21.1 Å². The van der Waals surface area contributed by atoms with E-state index in [1.165, 1.54) is 12.8 Å². The van der Waals surface area contributed by atoms with Crippen LogP contribution in [0.4, 0.5) is 0 Å². The highest BCUT2D eigenvalue weighted by Crippen LogP contribution is 2.34. The summed E-state index contributed by atoms with van der Waals surface area (Å²) in [4.78, 5) is 0. The molecule has 1 aliphatic carbocycles. The predicted octanol–water partition coefficient (Wildman–Crippen LogP) is 4.40. The van der Waals surface area contributed by atoms with E-state index in [2.05, 4.69) is 37.2 Å². The number of hydrogen-bond acceptors (Lipinski definition) is 3. The van der Waals surface area contributed by atoms with Crippen LogP contribution in [0.1, 0.15) is 44.1 Å². The molecule has 1 fully saturated rings. The van der Waals surface area contributed by atoms with Crippen LogP contribution < -0.4 is 10.1 Å². The SMILES string of the molecule is COc1c(Br)cc(CNCC2(O)CCCCCC2)cc1Br. The van der Waals surface area contributed by atoms with Crippen molar-refractivity contribution < 1.29 is 9.84 Å². The standard InChI is InChI=1S/C16H23Br2NO2/c1-21-15-13(17)8-12(9-14(15)18)10-19-11-16(20)6-4-2-3-5-7-16/h8-9,19-20H,2-7,10-11H2,1H3. The van der Waals surface area contributed by atoms with Crippen molar-refractivity contribution in [3.8, 4) is 5.75 Å². The van der Waals surface area contributed by atoms with E-state index in [-0.39, 0.29) is 0 Å². The van der Waals surface area contributed by atoms with Gasteiger partial charge in [-0.1, -0.05) is 25.7 Å². The second-order valence-corrected chi connectivity index (χ2v) is 7.54. The normalized spacial score (nSPS) is 18.3. The van der Waals surface area contributed by atoms with Gasteiger partial charge in [0.1, 0.15) is 5.75 Å². The largest absolute Gasteiger partial charge is 0.494 e. The van der Waals surface area contributed by atoms with Crippen LogP contribution in [0, 0.1) is 0 Å². The number of aliphatic hydroxyl groups is 1. The molecule has 5 heteroatoms. The zero-order valence-corrected chi connectivity index (χ0v) is 15.6. The van der Waals surface area contributed by atoms with Crippen molar-refractivity contribution in [2.45, 2.75) is 50.7 Å². The third kappa shape index (κ3) is 4.95. The van der Waals surface area contributed by atoms with Crippen LogP contribution in [0.5, 0.6) is 5.75 Å². The fraction of sp³-hybridized carbons (Fsp3) is 0.625. The summed E-state index contributed by atoms with van der Waals surface area (Å²) in [6, 6.07) is 4.10. The van der Waals surface area contributed by atoms with Gasteiger partial charge in [-0.25, -0.2) is 0 Å². The average molecular weight is 421 g/mol. The molecule has 1 aromatic carbocycles. The molecule has 0 bridgehead atoms. The van der Waals surface area contributed by atoms with Gasteiger partial charge in [-0.3, -0.25) is 0 Å². The van der Waals surface area contributed by atoms with Gasteiger partial charge >= 0.3 is 0 Å². The molecule has 1 aliphatic rings. The van der Waals surface area contributed by atoms with Crippen molar-refractivity contribution in [1.82, 2.24) is 5.32 Å². The van der Waals surface area contributed by atoms with Crippen molar-refractivity contribution in [1.29, 1.82) is 0 Å². The molecule has 0 atom stereocenters. The fourth-order valence-electron chi connectivity index (χ4n) is 2.91. The third-order valence-electron chi connectivity index (χ3n) is 4.08. The maximum atomic E-state index is 10.6.